The molecular formula is C24H43N3O3. The molecule has 6 nitrogen and oxygen atoms in total. The summed E-state index contributed by atoms with van der Waals surface area (Å²) < 4.78 is 0. The maximum atomic E-state index is 13.3. The van der Waals surface area contributed by atoms with Gasteiger partial charge in [-0.15, -0.1) is 0 Å². The fourth-order valence-electron chi connectivity index (χ4n) is 5.13. The number of carbonyl (C=O) groups is 3. The van der Waals surface area contributed by atoms with Gasteiger partial charge in [-0.05, 0) is 56.8 Å². The van der Waals surface area contributed by atoms with Crippen molar-refractivity contribution in [3.8, 4) is 0 Å². The van der Waals surface area contributed by atoms with Crippen molar-refractivity contribution >= 4 is 17.7 Å². The summed E-state index contributed by atoms with van der Waals surface area (Å²) in [4.78, 5) is 40.6. The van der Waals surface area contributed by atoms with E-state index in [2.05, 4.69) is 26.1 Å². The Labute approximate surface area is 182 Å². The van der Waals surface area contributed by atoms with Crippen molar-refractivity contribution in [1.29, 1.82) is 0 Å². The molecule has 1 heterocycles. The van der Waals surface area contributed by atoms with Crippen molar-refractivity contribution in [2.45, 2.75) is 97.4 Å². The highest BCUT2D eigenvalue weighted by atomic mass is 16.2. The van der Waals surface area contributed by atoms with Gasteiger partial charge in [-0.1, -0.05) is 46.5 Å². The minimum absolute atomic E-state index is 0.0558. The summed E-state index contributed by atoms with van der Waals surface area (Å²) in [5.74, 6) is -0.585. The molecule has 1 saturated carbocycles. The zero-order valence-corrected chi connectivity index (χ0v) is 19.3. The van der Waals surface area contributed by atoms with Gasteiger partial charge in [0.2, 0.25) is 17.7 Å². The molecule has 3 N–H and O–H groups in total. The molecule has 3 atom stereocenters. The second kappa shape index (κ2) is 12.3. The molecule has 0 aromatic rings. The van der Waals surface area contributed by atoms with Crippen molar-refractivity contribution < 1.29 is 14.4 Å². The fourth-order valence-corrected chi connectivity index (χ4v) is 5.13. The molecular weight excluding hydrogens is 378 g/mol. The van der Waals surface area contributed by atoms with E-state index in [4.69, 9.17) is 5.73 Å². The van der Waals surface area contributed by atoms with Crippen LogP contribution in [-0.4, -0.2) is 41.8 Å². The monoisotopic (exact) mass is 421 g/mol. The number of hydrogen-bond acceptors (Lipinski definition) is 3. The van der Waals surface area contributed by atoms with Gasteiger partial charge in [0, 0.05) is 24.9 Å². The van der Waals surface area contributed by atoms with Gasteiger partial charge < -0.3 is 16.0 Å². The first-order valence-corrected chi connectivity index (χ1v) is 12.2. The number of nitrogens with two attached hydrogens (primary N) is 1. The maximum Gasteiger partial charge on any atom is 0.245 e. The summed E-state index contributed by atoms with van der Waals surface area (Å²) >= 11 is 0. The Morgan fingerprint density at radius 2 is 1.77 bits per heavy atom. The van der Waals surface area contributed by atoms with Crippen LogP contribution in [0.4, 0.5) is 0 Å². The molecule has 172 valence electrons. The van der Waals surface area contributed by atoms with Crippen LogP contribution in [0.5, 0.6) is 0 Å². The molecule has 0 aromatic carbocycles. The molecule has 1 saturated heterocycles. The lowest BCUT2D eigenvalue weighted by Crippen LogP contribution is -2.51. The molecule has 0 spiro atoms. The van der Waals surface area contributed by atoms with Crippen molar-refractivity contribution in [1.82, 2.24) is 10.2 Å². The molecule has 3 amide bonds. The average Bonchev–Trinajstić information content (AvgIpc) is 3.14. The van der Waals surface area contributed by atoms with Crippen molar-refractivity contribution in [3.63, 3.8) is 0 Å². The van der Waals surface area contributed by atoms with Crippen LogP contribution in [0.3, 0.4) is 0 Å². The molecule has 2 unspecified atom stereocenters. The Bertz CT molecular complexity index is 572. The summed E-state index contributed by atoms with van der Waals surface area (Å²) in [5.41, 5.74) is 5.70. The van der Waals surface area contributed by atoms with Crippen LogP contribution in [0.1, 0.15) is 91.4 Å². The smallest absolute Gasteiger partial charge is 0.245 e. The van der Waals surface area contributed by atoms with Gasteiger partial charge in [-0.3, -0.25) is 14.4 Å². The van der Waals surface area contributed by atoms with Gasteiger partial charge >= 0.3 is 0 Å². The van der Waals surface area contributed by atoms with Crippen LogP contribution >= 0.6 is 0 Å². The Balaban J connectivity index is 2.08. The van der Waals surface area contributed by atoms with Gasteiger partial charge in [0.1, 0.15) is 6.04 Å². The first-order valence-electron chi connectivity index (χ1n) is 12.2. The molecule has 6 heteroatoms. The number of unbranched alkanes of at least 4 members (excludes halogenated alkanes) is 1. The summed E-state index contributed by atoms with van der Waals surface area (Å²) in [7, 11) is 0. The number of primary amides is 1. The van der Waals surface area contributed by atoms with E-state index < -0.39 is 23.8 Å². The lowest BCUT2D eigenvalue weighted by molar-refractivity contribution is -0.139. The highest BCUT2D eigenvalue weighted by Gasteiger charge is 2.36. The second-order valence-corrected chi connectivity index (χ2v) is 9.88. The molecule has 0 radical (unpaired) electrons. The number of nitrogens with zero attached hydrogens (tertiary/aromatic N) is 1. The maximum absolute atomic E-state index is 13.3. The summed E-state index contributed by atoms with van der Waals surface area (Å²) in [6.07, 6.45) is 10.6. The molecule has 1 aliphatic carbocycles. The number of rotatable bonds is 11. The molecule has 30 heavy (non-hydrogen) atoms. The predicted molar refractivity (Wildman–Crippen MR) is 119 cm³/mol. The van der Waals surface area contributed by atoms with Gasteiger partial charge in [-0.25, -0.2) is 0 Å². The highest BCUT2D eigenvalue weighted by Crippen LogP contribution is 2.28. The number of amides is 3. The first kappa shape index (κ1) is 24.7. The lowest BCUT2D eigenvalue weighted by Gasteiger charge is -2.30. The standard InChI is InChI=1S/C24H43N3O3/c1-4-5-12-19(22(25)28)20(15-17(2)3)23(29)26-21-13-8-9-14-27(24(21)30)16-18-10-6-7-11-18/h17-21H,4-16H2,1-3H3,(H2,25,28)(H,26,29)/t19?,20?,21-/m0/s1. The molecule has 2 fully saturated rings. The van der Waals surface area contributed by atoms with E-state index in [0.29, 0.717) is 25.2 Å². The summed E-state index contributed by atoms with van der Waals surface area (Å²) in [6.45, 7) is 7.79. The summed E-state index contributed by atoms with van der Waals surface area (Å²) in [6, 6.07) is -0.476. The third-order valence-corrected chi connectivity index (χ3v) is 6.83. The number of carbonyl (C=O) groups excluding carboxylic acids is 3. The van der Waals surface area contributed by atoms with E-state index in [1.165, 1.54) is 25.7 Å². The van der Waals surface area contributed by atoms with Crippen LogP contribution in [0.15, 0.2) is 0 Å². The largest absolute Gasteiger partial charge is 0.369 e. The first-order chi connectivity index (χ1) is 14.3. The van der Waals surface area contributed by atoms with Crippen LogP contribution in [-0.2, 0) is 14.4 Å². The number of likely N-dealkylation sites (tertiary alicyclic amines) is 1. The minimum Gasteiger partial charge on any atom is -0.369 e. The molecule has 1 aliphatic heterocycles. The van der Waals surface area contributed by atoms with Crippen LogP contribution in [0.2, 0.25) is 0 Å². The third kappa shape index (κ3) is 7.28. The topological polar surface area (TPSA) is 92.5 Å². The van der Waals surface area contributed by atoms with Gasteiger partial charge in [0.15, 0.2) is 0 Å². The normalized spacial score (nSPS) is 22.7. The molecule has 0 bridgehead atoms. The Kier molecular flexibility index (Phi) is 10.1. The van der Waals surface area contributed by atoms with E-state index >= 15 is 0 Å². The lowest BCUT2D eigenvalue weighted by atomic mass is 9.81. The van der Waals surface area contributed by atoms with Crippen molar-refractivity contribution in [2.75, 3.05) is 13.1 Å². The van der Waals surface area contributed by atoms with Crippen LogP contribution in [0.25, 0.3) is 0 Å². The van der Waals surface area contributed by atoms with Crippen molar-refractivity contribution in [2.24, 2.45) is 29.4 Å². The zero-order valence-electron chi connectivity index (χ0n) is 19.3. The van der Waals surface area contributed by atoms with E-state index in [1.807, 2.05) is 4.90 Å². The van der Waals surface area contributed by atoms with Gasteiger partial charge in [0.25, 0.3) is 0 Å². The Morgan fingerprint density at radius 1 is 1.10 bits per heavy atom. The van der Waals surface area contributed by atoms with E-state index in [9.17, 15) is 14.4 Å². The molecule has 2 rings (SSSR count). The quantitative estimate of drug-likeness (QED) is 0.533. The van der Waals surface area contributed by atoms with E-state index in [0.717, 1.165) is 38.8 Å². The highest BCUT2D eigenvalue weighted by molar-refractivity contribution is 5.91. The van der Waals surface area contributed by atoms with Crippen LogP contribution in [0, 0.1) is 23.7 Å². The van der Waals surface area contributed by atoms with Gasteiger partial charge in [-0.2, -0.15) is 0 Å². The Hall–Kier alpha value is -1.59. The third-order valence-electron chi connectivity index (χ3n) is 6.83. The zero-order chi connectivity index (χ0) is 22.1. The Morgan fingerprint density at radius 3 is 2.37 bits per heavy atom. The van der Waals surface area contributed by atoms with Crippen LogP contribution < -0.4 is 11.1 Å². The molecule has 2 aliphatic rings. The second-order valence-electron chi connectivity index (χ2n) is 9.88. The predicted octanol–water partition coefficient (Wildman–Crippen LogP) is 3.63. The SMILES string of the molecule is CCCCC(C(N)=O)C(CC(C)C)C(=O)N[C@H]1CCCCN(CC2CCCC2)C1=O. The molecule has 0 aromatic heterocycles. The average molecular weight is 422 g/mol. The van der Waals surface area contributed by atoms with E-state index in [-0.39, 0.29) is 17.7 Å². The minimum atomic E-state index is -0.476. The fraction of sp³-hybridized carbons (Fsp3) is 0.875. The summed E-state index contributed by atoms with van der Waals surface area (Å²) in [5, 5.41) is 3.04. The number of hydrogen-bond donors (Lipinski definition) is 2. The number of nitrogens with one attached hydrogen (secondary N) is 1. The van der Waals surface area contributed by atoms with Gasteiger partial charge in [0.05, 0.1) is 0 Å². The van der Waals surface area contributed by atoms with Crippen molar-refractivity contribution in [3.05, 3.63) is 0 Å². The van der Waals surface area contributed by atoms with E-state index in [1.54, 1.807) is 0 Å².